The van der Waals surface area contributed by atoms with Gasteiger partial charge in [0.1, 0.15) is 0 Å². The van der Waals surface area contributed by atoms with Gasteiger partial charge in [-0.2, -0.15) is 0 Å². The topological polar surface area (TPSA) is 154 Å². The summed E-state index contributed by atoms with van der Waals surface area (Å²) in [5, 5.41) is 15.5. The Labute approximate surface area is 193 Å². The van der Waals surface area contributed by atoms with Gasteiger partial charge in [-0.05, 0) is 55.7 Å². The average Bonchev–Trinajstić information content (AvgIpc) is 3.12. The molecule has 12 heteroatoms. The van der Waals surface area contributed by atoms with Gasteiger partial charge in [0.2, 0.25) is 11.5 Å². The molecule has 1 aromatic heterocycles. The summed E-state index contributed by atoms with van der Waals surface area (Å²) < 4.78 is 15.7. The fourth-order valence-corrected chi connectivity index (χ4v) is 2.58. The predicted molar refractivity (Wildman–Crippen MR) is 121 cm³/mol. The second kappa shape index (κ2) is 12.7. The molecule has 1 aromatic carbocycles. The number of ether oxygens (including phenoxy) is 2. The highest BCUT2D eigenvalue weighted by Crippen LogP contribution is 2.28. The SMILES string of the molecule is CCOc1cc(CNCCNC(=O)c2nonc2N)ccc1OCC(=O)NC(C)(C)C.Cl. The van der Waals surface area contributed by atoms with Crippen LogP contribution in [0, 0.1) is 0 Å². The molecule has 0 saturated carbocycles. The van der Waals surface area contributed by atoms with Gasteiger partial charge in [-0.25, -0.2) is 4.63 Å². The lowest BCUT2D eigenvalue weighted by Gasteiger charge is -2.21. The minimum atomic E-state index is -0.448. The molecular formula is C20H31ClN6O5. The molecule has 0 aliphatic rings. The van der Waals surface area contributed by atoms with Gasteiger partial charge in [-0.15, -0.1) is 12.4 Å². The predicted octanol–water partition coefficient (Wildman–Crippen LogP) is 1.29. The number of halogens is 1. The number of nitrogens with zero attached hydrogens (tertiary/aromatic N) is 2. The summed E-state index contributed by atoms with van der Waals surface area (Å²) in [6, 6.07) is 5.51. The molecule has 0 saturated heterocycles. The van der Waals surface area contributed by atoms with Crippen molar-refractivity contribution in [2.24, 2.45) is 0 Å². The van der Waals surface area contributed by atoms with Crippen LogP contribution in [0.25, 0.3) is 0 Å². The molecule has 0 aliphatic carbocycles. The summed E-state index contributed by atoms with van der Waals surface area (Å²) in [6.45, 7) is 9.41. The standard InChI is InChI=1S/C20H30N6O5.ClH/c1-5-29-15-10-13(6-7-14(15)30-12-16(27)24-20(2,3)4)11-22-8-9-23-19(28)17-18(21)26-31-25-17;/h6-7,10,22H,5,8-9,11-12H2,1-4H3,(H2,21,26)(H,23,28)(H,24,27);1H. The van der Waals surface area contributed by atoms with Crippen LogP contribution in [0.5, 0.6) is 11.5 Å². The van der Waals surface area contributed by atoms with E-state index < -0.39 is 5.91 Å². The van der Waals surface area contributed by atoms with Gasteiger partial charge in [0.25, 0.3) is 11.8 Å². The number of nitrogens with one attached hydrogen (secondary N) is 3. The minimum Gasteiger partial charge on any atom is -0.490 e. The molecule has 178 valence electrons. The third-order valence-corrected chi connectivity index (χ3v) is 3.83. The zero-order valence-electron chi connectivity index (χ0n) is 18.7. The van der Waals surface area contributed by atoms with Crippen LogP contribution in [0.4, 0.5) is 5.82 Å². The normalized spacial score (nSPS) is 10.8. The van der Waals surface area contributed by atoms with E-state index in [0.717, 1.165) is 5.56 Å². The summed E-state index contributed by atoms with van der Waals surface area (Å²) in [6.07, 6.45) is 0. The number of rotatable bonds is 11. The number of benzene rings is 1. The first-order valence-electron chi connectivity index (χ1n) is 9.96. The number of carbonyl (C=O) groups is 2. The maximum Gasteiger partial charge on any atom is 0.277 e. The van der Waals surface area contributed by atoms with E-state index in [0.29, 0.717) is 37.7 Å². The van der Waals surface area contributed by atoms with E-state index in [1.807, 2.05) is 39.8 Å². The first-order valence-corrected chi connectivity index (χ1v) is 9.96. The average molecular weight is 471 g/mol. The molecule has 0 aliphatic heterocycles. The summed E-state index contributed by atoms with van der Waals surface area (Å²) in [5.74, 6) is 0.364. The number of hydrogen-bond donors (Lipinski definition) is 4. The molecule has 0 radical (unpaired) electrons. The van der Waals surface area contributed by atoms with Gasteiger partial charge in [-0.1, -0.05) is 6.07 Å². The molecule has 0 atom stereocenters. The Bertz CT molecular complexity index is 884. The summed E-state index contributed by atoms with van der Waals surface area (Å²) >= 11 is 0. The van der Waals surface area contributed by atoms with Crippen LogP contribution < -0.4 is 31.2 Å². The van der Waals surface area contributed by atoms with Crippen LogP contribution in [-0.4, -0.2) is 54.0 Å². The molecule has 2 aromatic rings. The smallest absolute Gasteiger partial charge is 0.277 e. The number of nitrogens with two attached hydrogens (primary N) is 1. The highest BCUT2D eigenvalue weighted by molar-refractivity contribution is 5.95. The van der Waals surface area contributed by atoms with Crippen molar-refractivity contribution >= 4 is 30.0 Å². The van der Waals surface area contributed by atoms with E-state index in [1.165, 1.54) is 0 Å². The van der Waals surface area contributed by atoms with Crippen molar-refractivity contribution in [3.05, 3.63) is 29.5 Å². The molecule has 11 nitrogen and oxygen atoms in total. The van der Waals surface area contributed by atoms with Gasteiger partial charge < -0.3 is 31.2 Å². The van der Waals surface area contributed by atoms with Gasteiger partial charge in [0.05, 0.1) is 6.61 Å². The van der Waals surface area contributed by atoms with Crippen LogP contribution >= 0.6 is 12.4 Å². The van der Waals surface area contributed by atoms with Crippen molar-refractivity contribution in [2.45, 2.75) is 39.8 Å². The third kappa shape index (κ3) is 8.98. The fourth-order valence-electron chi connectivity index (χ4n) is 2.58. The van der Waals surface area contributed by atoms with Crippen LogP contribution in [0.15, 0.2) is 22.8 Å². The van der Waals surface area contributed by atoms with Crippen LogP contribution in [0.2, 0.25) is 0 Å². The lowest BCUT2D eigenvalue weighted by Crippen LogP contribution is -2.43. The highest BCUT2D eigenvalue weighted by atomic mass is 35.5. The summed E-state index contributed by atoms with van der Waals surface area (Å²) in [4.78, 5) is 23.8. The molecular weight excluding hydrogens is 440 g/mol. The first kappa shape index (κ1) is 27.0. The molecule has 2 rings (SSSR count). The molecule has 0 spiro atoms. The molecule has 0 fully saturated rings. The lowest BCUT2D eigenvalue weighted by molar-refractivity contribution is -0.124. The van der Waals surface area contributed by atoms with Gasteiger partial charge >= 0.3 is 0 Å². The first-order chi connectivity index (χ1) is 14.7. The van der Waals surface area contributed by atoms with E-state index in [2.05, 4.69) is 30.9 Å². The molecule has 5 N–H and O–H groups in total. The fraction of sp³-hybridized carbons (Fsp3) is 0.500. The van der Waals surface area contributed by atoms with E-state index in [4.69, 9.17) is 15.2 Å². The van der Waals surface area contributed by atoms with Crippen molar-refractivity contribution in [1.29, 1.82) is 0 Å². The third-order valence-electron chi connectivity index (χ3n) is 3.83. The molecule has 2 amide bonds. The van der Waals surface area contributed by atoms with E-state index in [9.17, 15) is 9.59 Å². The zero-order valence-corrected chi connectivity index (χ0v) is 19.5. The monoisotopic (exact) mass is 470 g/mol. The van der Waals surface area contributed by atoms with Crippen LogP contribution in [0.1, 0.15) is 43.7 Å². The Balaban J connectivity index is 0.00000512. The van der Waals surface area contributed by atoms with E-state index in [-0.39, 0.29) is 42.0 Å². The Morgan fingerprint density at radius 1 is 1.12 bits per heavy atom. The van der Waals surface area contributed by atoms with E-state index >= 15 is 0 Å². The second-order valence-corrected chi connectivity index (χ2v) is 7.73. The maximum atomic E-state index is 12.0. The molecule has 1 heterocycles. The summed E-state index contributed by atoms with van der Waals surface area (Å²) in [5.41, 5.74) is 6.08. The van der Waals surface area contributed by atoms with Crippen molar-refractivity contribution in [1.82, 2.24) is 26.3 Å². The number of amides is 2. The van der Waals surface area contributed by atoms with Crippen molar-refractivity contribution in [3.63, 3.8) is 0 Å². The lowest BCUT2D eigenvalue weighted by atomic mass is 10.1. The molecule has 32 heavy (non-hydrogen) atoms. The quantitative estimate of drug-likeness (QED) is 0.355. The van der Waals surface area contributed by atoms with Gasteiger partial charge in [0, 0.05) is 25.2 Å². The van der Waals surface area contributed by atoms with Crippen molar-refractivity contribution < 1.29 is 23.7 Å². The largest absolute Gasteiger partial charge is 0.490 e. The number of carbonyl (C=O) groups excluding carboxylic acids is 2. The zero-order chi connectivity index (χ0) is 22.9. The van der Waals surface area contributed by atoms with Gasteiger partial charge in [-0.3, -0.25) is 9.59 Å². The number of nitrogen functional groups attached to an aromatic ring is 1. The number of hydrogen-bond acceptors (Lipinski definition) is 9. The van der Waals surface area contributed by atoms with Crippen LogP contribution in [0.3, 0.4) is 0 Å². The van der Waals surface area contributed by atoms with Crippen molar-refractivity contribution in [2.75, 3.05) is 32.0 Å². The summed E-state index contributed by atoms with van der Waals surface area (Å²) in [7, 11) is 0. The van der Waals surface area contributed by atoms with Crippen LogP contribution in [-0.2, 0) is 11.3 Å². The second-order valence-electron chi connectivity index (χ2n) is 7.73. The maximum absolute atomic E-state index is 12.0. The number of anilines is 1. The molecule has 0 bridgehead atoms. The highest BCUT2D eigenvalue weighted by Gasteiger charge is 2.16. The Kier molecular flexibility index (Phi) is 10.7. The number of aromatic nitrogens is 2. The Morgan fingerprint density at radius 3 is 2.50 bits per heavy atom. The van der Waals surface area contributed by atoms with Crippen molar-refractivity contribution in [3.8, 4) is 11.5 Å². The Hall–Kier alpha value is -3.05. The van der Waals surface area contributed by atoms with E-state index in [1.54, 1.807) is 6.07 Å². The Morgan fingerprint density at radius 2 is 1.88 bits per heavy atom. The molecule has 0 unspecified atom stereocenters. The minimum absolute atomic E-state index is 0. The van der Waals surface area contributed by atoms with Gasteiger partial charge in [0.15, 0.2) is 18.1 Å².